The van der Waals surface area contributed by atoms with Crippen LogP contribution in [-0.2, 0) is 6.54 Å². The summed E-state index contributed by atoms with van der Waals surface area (Å²) in [4.78, 5) is 14.3. The average molecular weight is 292 g/mol. The molecule has 3 heteroatoms. The van der Waals surface area contributed by atoms with Crippen LogP contribution in [0.4, 0.5) is 4.79 Å². The Morgan fingerprint density at radius 3 is 2.38 bits per heavy atom. The van der Waals surface area contributed by atoms with Crippen molar-refractivity contribution >= 4 is 6.03 Å². The number of amides is 2. The predicted octanol–water partition coefficient (Wildman–Crippen LogP) is 4.54. The van der Waals surface area contributed by atoms with Crippen molar-refractivity contribution in [3.8, 4) is 0 Å². The molecule has 0 fully saturated rings. The molecule has 1 aromatic carbocycles. The lowest BCUT2D eigenvalue weighted by Gasteiger charge is -2.25. The number of benzene rings is 1. The Labute approximate surface area is 131 Å². The highest BCUT2D eigenvalue weighted by atomic mass is 16.2. The molecule has 21 heavy (non-hydrogen) atoms. The van der Waals surface area contributed by atoms with E-state index in [1.165, 1.54) is 5.56 Å². The molecule has 1 N–H and O–H groups in total. The number of carbonyl (C=O) groups is 1. The summed E-state index contributed by atoms with van der Waals surface area (Å²) in [6.45, 7) is 10.9. The minimum absolute atomic E-state index is 0. The third-order valence-corrected chi connectivity index (χ3v) is 3.32. The molecule has 120 valence electrons. The van der Waals surface area contributed by atoms with Gasteiger partial charge in [0.15, 0.2) is 0 Å². The maximum atomic E-state index is 12.3. The molecule has 0 aliphatic heterocycles. The topological polar surface area (TPSA) is 32.3 Å². The molecule has 0 spiro atoms. The molecule has 0 saturated heterocycles. The molecular formula is C18H32N2O. The van der Waals surface area contributed by atoms with Gasteiger partial charge in [-0.1, -0.05) is 58.0 Å². The average Bonchev–Trinajstić information content (AvgIpc) is 2.43. The Morgan fingerprint density at radius 1 is 1.14 bits per heavy atom. The van der Waals surface area contributed by atoms with E-state index in [0.29, 0.717) is 18.4 Å². The second kappa shape index (κ2) is 9.43. The van der Waals surface area contributed by atoms with Crippen molar-refractivity contribution in [2.24, 2.45) is 11.8 Å². The summed E-state index contributed by atoms with van der Waals surface area (Å²) in [6, 6.07) is 10.2. The minimum atomic E-state index is 0. The molecule has 0 heterocycles. The smallest absolute Gasteiger partial charge is 0.317 e. The van der Waals surface area contributed by atoms with Crippen molar-refractivity contribution in [3.05, 3.63) is 35.9 Å². The van der Waals surface area contributed by atoms with Gasteiger partial charge in [0, 0.05) is 21.1 Å². The van der Waals surface area contributed by atoms with Crippen molar-refractivity contribution in [3.63, 3.8) is 0 Å². The lowest BCUT2D eigenvalue weighted by Crippen LogP contribution is -2.41. The molecule has 0 bridgehead atoms. The van der Waals surface area contributed by atoms with Gasteiger partial charge in [-0.15, -0.1) is 0 Å². The number of hydrogen-bond acceptors (Lipinski definition) is 1. The Balaban J connectivity index is 0.00000441. The first-order chi connectivity index (χ1) is 9.99. The molecule has 0 aliphatic carbocycles. The Hall–Kier alpha value is -1.51. The first-order valence-electron chi connectivity index (χ1n) is 8.05. The SMILES string of the molecule is CC(C)CCCNC(=O)N(Cc1ccccc1)CC(C)C.[HH]. The third kappa shape index (κ3) is 7.74. The van der Waals surface area contributed by atoms with Crippen molar-refractivity contribution in [2.45, 2.75) is 47.1 Å². The molecule has 0 radical (unpaired) electrons. The Morgan fingerprint density at radius 2 is 1.81 bits per heavy atom. The largest absolute Gasteiger partial charge is 0.338 e. The molecule has 0 atom stereocenters. The molecular weight excluding hydrogens is 260 g/mol. The fourth-order valence-corrected chi connectivity index (χ4v) is 2.28. The standard InChI is InChI=1S/C18H30N2O.H2/c1-15(2)9-8-12-19-18(21)20(13-16(3)4)14-17-10-6-5-7-11-17;/h5-7,10-11,15-16H,8-9,12-14H2,1-4H3,(H,19,21);1H. The summed E-state index contributed by atoms with van der Waals surface area (Å²) >= 11 is 0. The summed E-state index contributed by atoms with van der Waals surface area (Å²) < 4.78 is 0. The van der Waals surface area contributed by atoms with Crippen LogP contribution in [0, 0.1) is 11.8 Å². The highest BCUT2D eigenvalue weighted by molar-refractivity contribution is 5.74. The van der Waals surface area contributed by atoms with E-state index in [1.807, 2.05) is 23.1 Å². The summed E-state index contributed by atoms with van der Waals surface area (Å²) in [7, 11) is 0. The number of urea groups is 1. The van der Waals surface area contributed by atoms with Gasteiger partial charge >= 0.3 is 6.03 Å². The molecule has 0 saturated carbocycles. The van der Waals surface area contributed by atoms with E-state index in [-0.39, 0.29) is 7.46 Å². The first-order valence-corrected chi connectivity index (χ1v) is 8.05. The lowest BCUT2D eigenvalue weighted by atomic mass is 10.1. The van der Waals surface area contributed by atoms with Gasteiger partial charge < -0.3 is 10.2 Å². The zero-order chi connectivity index (χ0) is 15.7. The zero-order valence-electron chi connectivity index (χ0n) is 13.9. The Bertz CT molecular complexity index is 407. The Kier molecular flexibility index (Phi) is 7.88. The van der Waals surface area contributed by atoms with Crippen LogP contribution < -0.4 is 5.32 Å². The molecule has 3 nitrogen and oxygen atoms in total. The summed E-state index contributed by atoms with van der Waals surface area (Å²) in [5.41, 5.74) is 1.18. The minimum Gasteiger partial charge on any atom is -0.338 e. The second-order valence-corrected chi connectivity index (χ2v) is 6.53. The first kappa shape index (κ1) is 17.5. The van der Waals surface area contributed by atoms with Crippen LogP contribution in [0.2, 0.25) is 0 Å². The van der Waals surface area contributed by atoms with E-state index >= 15 is 0 Å². The van der Waals surface area contributed by atoms with Crippen LogP contribution in [0.25, 0.3) is 0 Å². The van der Waals surface area contributed by atoms with Gasteiger partial charge in [0.05, 0.1) is 0 Å². The summed E-state index contributed by atoms with van der Waals surface area (Å²) in [5, 5.41) is 3.05. The number of rotatable bonds is 8. The van der Waals surface area contributed by atoms with E-state index in [4.69, 9.17) is 0 Å². The van der Waals surface area contributed by atoms with Gasteiger partial charge in [-0.05, 0) is 30.2 Å². The third-order valence-electron chi connectivity index (χ3n) is 3.32. The van der Waals surface area contributed by atoms with Gasteiger partial charge in [0.1, 0.15) is 0 Å². The van der Waals surface area contributed by atoms with E-state index < -0.39 is 0 Å². The van der Waals surface area contributed by atoms with Crippen LogP contribution in [0.1, 0.15) is 47.5 Å². The highest BCUT2D eigenvalue weighted by Gasteiger charge is 2.14. The number of nitrogens with zero attached hydrogens (tertiary/aromatic N) is 1. The molecule has 1 aromatic rings. The van der Waals surface area contributed by atoms with Crippen LogP contribution in [0.5, 0.6) is 0 Å². The molecule has 1 rings (SSSR count). The fourth-order valence-electron chi connectivity index (χ4n) is 2.28. The van der Waals surface area contributed by atoms with Gasteiger partial charge in [0.2, 0.25) is 0 Å². The van der Waals surface area contributed by atoms with Gasteiger partial charge in [-0.3, -0.25) is 0 Å². The summed E-state index contributed by atoms with van der Waals surface area (Å²) in [5.74, 6) is 1.16. The van der Waals surface area contributed by atoms with Gasteiger partial charge in [-0.2, -0.15) is 0 Å². The van der Waals surface area contributed by atoms with Crippen molar-refractivity contribution in [1.82, 2.24) is 10.2 Å². The fraction of sp³-hybridized carbons (Fsp3) is 0.611. The molecule has 0 aromatic heterocycles. The van der Waals surface area contributed by atoms with Crippen molar-refractivity contribution in [2.75, 3.05) is 13.1 Å². The second-order valence-electron chi connectivity index (χ2n) is 6.53. The number of carbonyl (C=O) groups excluding carboxylic acids is 1. The van der Waals surface area contributed by atoms with E-state index in [0.717, 1.165) is 25.9 Å². The van der Waals surface area contributed by atoms with Crippen LogP contribution in [0.3, 0.4) is 0 Å². The monoisotopic (exact) mass is 292 g/mol. The van der Waals surface area contributed by atoms with E-state index in [2.05, 4.69) is 45.1 Å². The maximum absolute atomic E-state index is 12.3. The number of hydrogen-bond donors (Lipinski definition) is 1. The normalized spacial score (nSPS) is 11.0. The molecule has 0 unspecified atom stereocenters. The predicted molar refractivity (Wildman–Crippen MR) is 91.3 cm³/mol. The van der Waals surface area contributed by atoms with E-state index in [9.17, 15) is 4.79 Å². The van der Waals surface area contributed by atoms with Gasteiger partial charge in [-0.25, -0.2) is 4.79 Å². The maximum Gasteiger partial charge on any atom is 0.317 e. The number of nitrogens with one attached hydrogen (secondary N) is 1. The van der Waals surface area contributed by atoms with Crippen LogP contribution in [-0.4, -0.2) is 24.0 Å². The van der Waals surface area contributed by atoms with Gasteiger partial charge in [0.25, 0.3) is 0 Å². The van der Waals surface area contributed by atoms with Crippen LogP contribution in [0.15, 0.2) is 30.3 Å². The lowest BCUT2D eigenvalue weighted by molar-refractivity contribution is 0.187. The van der Waals surface area contributed by atoms with Crippen LogP contribution >= 0.6 is 0 Å². The molecule has 2 amide bonds. The van der Waals surface area contributed by atoms with E-state index in [1.54, 1.807) is 0 Å². The summed E-state index contributed by atoms with van der Waals surface area (Å²) in [6.07, 6.45) is 2.20. The molecule has 0 aliphatic rings. The zero-order valence-corrected chi connectivity index (χ0v) is 13.9. The highest BCUT2D eigenvalue weighted by Crippen LogP contribution is 2.08. The quantitative estimate of drug-likeness (QED) is 0.701. The van der Waals surface area contributed by atoms with Crippen molar-refractivity contribution < 1.29 is 6.22 Å². The van der Waals surface area contributed by atoms with Crippen molar-refractivity contribution in [1.29, 1.82) is 0 Å².